The number of hydrogen-bond donors (Lipinski definition) is 2. The highest BCUT2D eigenvalue weighted by Gasteiger charge is 2.12. The van der Waals surface area contributed by atoms with Crippen LogP contribution >= 0.6 is 11.3 Å². The first kappa shape index (κ1) is 11.5. The molecule has 0 saturated carbocycles. The Bertz CT molecular complexity index is 525. The number of carboxylic acids is 1. The Labute approximate surface area is 101 Å². The Hall–Kier alpha value is -1.95. The maximum absolute atomic E-state index is 12.7. The van der Waals surface area contributed by atoms with Crippen LogP contribution in [0.3, 0.4) is 0 Å². The molecule has 1 aromatic heterocycles. The van der Waals surface area contributed by atoms with Crippen molar-refractivity contribution in [1.29, 1.82) is 0 Å². The molecule has 0 saturated heterocycles. The van der Waals surface area contributed by atoms with Gasteiger partial charge in [0.05, 0.1) is 5.51 Å². The lowest BCUT2D eigenvalue weighted by Gasteiger charge is -2.04. The van der Waals surface area contributed by atoms with Crippen molar-refractivity contribution in [3.8, 4) is 0 Å². The topological polar surface area (TPSA) is 62.2 Å². The van der Waals surface area contributed by atoms with Gasteiger partial charge in [0.2, 0.25) is 0 Å². The average molecular weight is 252 g/mol. The predicted molar refractivity (Wildman–Crippen MR) is 62.8 cm³/mol. The molecular weight excluding hydrogens is 243 g/mol. The molecular formula is C11H9FN2O2S. The summed E-state index contributed by atoms with van der Waals surface area (Å²) in [5, 5.41) is 12.3. The minimum Gasteiger partial charge on any atom is -0.476 e. The van der Waals surface area contributed by atoms with Crippen molar-refractivity contribution in [2.45, 2.75) is 6.54 Å². The molecule has 0 aliphatic carbocycles. The second-order valence-corrected chi connectivity index (χ2v) is 4.17. The summed E-state index contributed by atoms with van der Waals surface area (Å²) in [5.74, 6) is -1.36. The molecule has 0 unspecified atom stereocenters. The van der Waals surface area contributed by atoms with Crippen LogP contribution in [0, 0.1) is 5.82 Å². The third kappa shape index (κ3) is 2.79. The highest BCUT2D eigenvalue weighted by Crippen LogP contribution is 2.20. The second-order valence-electron chi connectivity index (χ2n) is 3.32. The van der Waals surface area contributed by atoms with Gasteiger partial charge in [0.15, 0.2) is 5.69 Å². The number of aromatic nitrogens is 1. The van der Waals surface area contributed by atoms with E-state index in [1.807, 2.05) is 0 Å². The Morgan fingerprint density at radius 1 is 1.41 bits per heavy atom. The number of carbonyl (C=O) groups is 1. The van der Waals surface area contributed by atoms with Crippen LogP contribution in [0.4, 0.5) is 9.39 Å². The summed E-state index contributed by atoms with van der Waals surface area (Å²) in [6, 6.07) is 6.01. The van der Waals surface area contributed by atoms with Crippen molar-refractivity contribution in [2.24, 2.45) is 0 Å². The number of thiazole rings is 1. The first-order chi connectivity index (χ1) is 8.16. The molecule has 6 heteroatoms. The zero-order valence-electron chi connectivity index (χ0n) is 8.68. The number of nitrogens with zero attached hydrogens (tertiary/aromatic N) is 1. The van der Waals surface area contributed by atoms with Gasteiger partial charge in [-0.15, -0.1) is 11.3 Å². The molecule has 1 heterocycles. The van der Waals surface area contributed by atoms with E-state index in [1.54, 1.807) is 12.1 Å². The van der Waals surface area contributed by atoms with Gasteiger partial charge in [0.1, 0.15) is 10.8 Å². The van der Waals surface area contributed by atoms with Crippen LogP contribution in [0.15, 0.2) is 29.8 Å². The van der Waals surface area contributed by atoms with Crippen molar-refractivity contribution in [2.75, 3.05) is 5.32 Å². The van der Waals surface area contributed by atoms with E-state index in [-0.39, 0.29) is 11.5 Å². The van der Waals surface area contributed by atoms with Crippen LogP contribution in [0.25, 0.3) is 0 Å². The van der Waals surface area contributed by atoms with E-state index < -0.39 is 5.97 Å². The van der Waals surface area contributed by atoms with Gasteiger partial charge in [-0.1, -0.05) is 12.1 Å². The van der Waals surface area contributed by atoms with Crippen LogP contribution in [0.5, 0.6) is 0 Å². The molecule has 0 aliphatic rings. The number of anilines is 1. The molecule has 2 N–H and O–H groups in total. The van der Waals surface area contributed by atoms with E-state index in [4.69, 9.17) is 5.11 Å². The Morgan fingerprint density at radius 3 is 2.76 bits per heavy atom. The molecule has 2 rings (SSSR count). The fourth-order valence-corrected chi connectivity index (χ4v) is 1.98. The monoisotopic (exact) mass is 252 g/mol. The Kier molecular flexibility index (Phi) is 3.34. The van der Waals surface area contributed by atoms with Gasteiger partial charge in [-0.05, 0) is 17.7 Å². The number of hydrogen-bond acceptors (Lipinski definition) is 4. The number of carboxylic acid groups (broad SMARTS) is 1. The van der Waals surface area contributed by atoms with E-state index >= 15 is 0 Å². The molecule has 0 atom stereocenters. The van der Waals surface area contributed by atoms with Crippen molar-refractivity contribution in [1.82, 2.24) is 4.98 Å². The van der Waals surface area contributed by atoms with Gasteiger partial charge < -0.3 is 10.4 Å². The largest absolute Gasteiger partial charge is 0.476 e. The molecule has 88 valence electrons. The second kappa shape index (κ2) is 4.92. The van der Waals surface area contributed by atoms with E-state index in [9.17, 15) is 9.18 Å². The minimum absolute atomic E-state index is 0.0112. The predicted octanol–water partition coefficient (Wildman–Crippen LogP) is 2.59. The normalized spacial score (nSPS) is 10.2. The van der Waals surface area contributed by atoms with E-state index in [2.05, 4.69) is 10.3 Å². The standard InChI is InChI=1S/C11H9FN2O2S/c12-8-3-1-7(2-4-8)5-13-10-9(11(15)16)14-6-17-10/h1-4,6,13H,5H2,(H,15,16). The number of benzene rings is 1. The van der Waals surface area contributed by atoms with E-state index in [0.717, 1.165) is 5.56 Å². The van der Waals surface area contributed by atoms with Crippen molar-refractivity contribution >= 4 is 22.3 Å². The molecule has 0 aliphatic heterocycles. The van der Waals surface area contributed by atoms with Crippen molar-refractivity contribution in [3.63, 3.8) is 0 Å². The van der Waals surface area contributed by atoms with Gasteiger partial charge in [-0.25, -0.2) is 14.2 Å². The number of rotatable bonds is 4. The number of aromatic carboxylic acids is 1. The summed E-state index contributed by atoms with van der Waals surface area (Å²) in [5.41, 5.74) is 2.35. The summed E-state index contributed by atoms with van der Waals surface area (Å²) in [6.07, 6.45) is 0. The van der Waals surface area contributed by atoms with Crippen LogP contribution < -0.4 is 5.32 Å². The lowest BCUT2D eigenvalue weighted by Crippen LogP contribution is -2.04. The molecule has 1 aromatic carbocycles. The zero-order chi connectivity index (χ0) is 12.3. The molecule has 0 spiro atoms. The maximum Gasteiger partial charge on any atom is 0.357 e. The van der Waals surface area contributed by atoms with Crippen LogP contribution in [-0.2, 0) is 6.54 Å². The van der Waals surface area contributed by atoms with Gasteiger partial charge in [-0.3, -0.25) is 0 Å². The highest BCUT2D eigenvalue weighted by molar-refractivity contribution is 7.14. The lowest BCUT2D eigenvalue weighted by atomic mass is 10.2. The van der Waals surface area contributed by atoms with Gasteiger partial charge in [-0.2, -0.15) is 0 Å². The van der Waals surface area contributed by atoms with Gasteiger partial charge >= 0.3 is 5.97 Å². The van der Waals surface area contributed by atoms with Gasteiger partial charge in [0, 0.05) is 6.54 Å². The van der Waals surface area contributed by atoms with Crippen molar-refractivity contribution < 1.29 is 14.3 Å². The molecule has 0 fully saturated rings. The minimum atomic E-state index is -1.06. The summed E-state index contributed by atoms with van der Waals surface area (Å²) in [4.78, 5) is 14.5. The quantitative estimate of drug-likeness (QED) is 0.878. The SMILES string of the molecule is O=C(O)c1ncsc1NCc1ccc(F)cc1. The zero-order valence-corrected chi connectivity index (χ0v) is 9.50. The molecule has 4 nitrogen and oxygen atoms in total. The maximum atomic E-state index is 12.7. The third-order valence-electron chi connectivity index (χ3n) is 2.14. The average Bonchev–Trinajstić information content (AvgIpc) is 2.76. The smallest absolute Gasteiger partial charge is 0.357 e. The van der Waals surface area contributed by atoms with Crippen LogP contribution in [0.1, 0.15) is 16.1 Å². The summed E-state index contributed by atoms with van der Waals surface area (Å²) in [7, 11) is 0. The van der Waals surface area contributed by atoms with E-state index in [1.165, 1.54) is 29.0 Å². The molecule has 0 bridgehead atoms. The lowest BCUT2D eigenvalue weighted by molar-refractivity contribution is 0.0692. The fraction of sp³-hybridized carbons (Fsp3) is 0.0909. The van der Waals surface area contributed by atoms with Gasteiger partial charge in [0.25, 0.3) is 0 Å². The third-order valence-corrected chi connectivity index (χ3v) is 2.92. The Balaban J connectivity index is 2.05. The fourth-order valence-electron chi connectivity index (χ4n) is 1.31. The number of nitrogens with one attached hydrogen (secondary N) is 1. The van der Waals surface area contributed by atoms with Crippen LogP contribution in [-0.4, -0.2) is 16.1 Å². The first-order valence-corrected chi connectivity index (χ1v) is 5.70. The molecule has 17 heavy (non-hydrogen) atoms. The summed E-state index contributed by atoms with van der Waals surface area (Å²) >= 11 is 1.22. The van der Waals surface area contributed by atoms with Crippen LogP contribution in [0.2, 0.25) is 0 Å². The summed E-state index contributed by atoms with van der Waals surface area (Å²) in [6.45, 7) is 0.433. The Morgan fingerprint density at radius 2 is 2.12 bits per heavy atom. The molecule has 2 aromatic rings. The number of halogens is 1. The van der Waals surface area contributed by atoms with Crippen molar-refractivity contribution in [3.05, 3.63) is 46.9 Å². The molecule has 0 radical (unpaired) electrons. The first-order valence-electron chi connectivity index (χ1n) is 4.82. The summed E-state index contributed by atoms with van der Waals surface area (Å²) < 4.78 is 12.7. The highest BCUT2D eigenvalue weighted by atomic mass is 32.1. The molecule has 0 amide bonds. The van der Waals surface area contributed by atoms with E-state index in [0.29, 0.717) is 11.5 Å².